The Bertz CT molecular complexity index is 1180. The number of carbonyl (C=O) groups is 2. The van der Waals surface area contributed by atoms with Crippen LogP contribution in [0.15, 0.2) is 0 Å². The Hall–Kier alpha value is -2.41. The quantitative estimate of drug-likeness (QED) is 0.199. The second kappa shape index (κ2) is 12.6. The molecule has 1 unspecified atom stereocenters. The third kappa shape index (κ3) is 8.82. The Morgan fingerprint density at radius 3 is 2.00 bits per heavy atom. The van der Waals surface area contributed by atoms with Gasteiger partial charge in [-0.2, -0.15) is 9.97 Å². The molecule has 0 saturated carbocycles. The molecule has 1 atom stereocenters. The summed E-state index contributed by atoms with van der Waals surface area (Å²) in [4.78, 5) is 44.5. The van der Waals surface area contributed by atoms with E-state index < -0.39 is 36.2 Å². The molecule has 214 valence electrons. The zero-order chi connectivity index (χ0) is 28.9. The fourth-order valence-electron chi connectivity index (χ4n) is 2.90. The van der Waals surface area contributed by atoms with Gasteiger partial charge in [-0.15, -0.1) is 16.5 Å². The lowest BCUT2D eigenvalue weighted by Crippen LogP contribution is -2.29. The topological polar surface area (TPSA) is 150 Å². The van der Waals surface area contributed by atoms with Gasteiger partial charge < -0.3 is 28.1 Å². The van der Waals surface area contributed by atoms with Crippen LogP contribution < -0.4 is 9.57 Å². The average molecular weight is 577 g/mol. The highest BCUT2D eigenvalue weighted by atomic mass is 32.2. The van der Waals surface area contributed by atoms with E-state index in [9.17, 15) is 14.2 Å². The van der Waals surface area contributed by atoms with Crippen LogP contribution in [0.2, 0.25) is 0 Å². The van der Waals surface area contributed by atoms with E-state index in [2.05, 4.69) is 15.0 Å². The second-order valence-electron chi connectivity index (χ2n) is 9.88. The van der Waals surface area contributed by atoms with Gasteiger partial charge in [0.25, 0.3) is 5.82 Å². The van der Waals surface area contributed by atoms with Crippen LogP contribution in [0.4, 0.5) is 0 Å². The van der Waals surface area contributed by atoms with Crippen molar-refractivity contribution < 1.29 is 42.2 Å². The fourth-order valence-corrected chi connectivity index (χ4v) is 6.08. The van der Waals surface area contributed by atoms with Crippen molar-refractivity contribution >= 4 is 42.5 Å². The van der Waals surface area contributed by atoms with Crippen LogP contribution in [0.5, 0.6) is 5.88 Å². The molecule has 0 aliphatic rings. The number of hydrogen-bond donors (Lipinski definition) is 0. The van der Waals surface area contributed by atoms with Gasteiger partial charge in [0.05, 0.1) is 25.8 Å². The third-order valence-electron chi connectivity index (χ3n) is 4.17. The molecule has 0 saturated heterocycles. The molecule has 0 aromatic carbocycles. The standard InChI is InChI=1S/C23H37N4O9PS/c1-11-32-37(30,33-12-2)13-38-14(3)36-27-17-15(24-18(27)21(29)35-23(7,8)9)19(31-10)26-16(25-17)20(28)34-22(4,5)6/h14H,11-13H2,1-10H3. The lowest BCUT2D eigenvalue weighted by Gasteiger charge is -2.22. The van der Waals surface area contributed by atoms with Crippen LogP contribution >= 0.6 is 19.4 Å². The van der Waals surface area contributed by atoms with Crippen molar-refractivity contribution in [1.29, 1.82) is 0 Å². The normalized spacial score (nSPS) is 13.3. The lowest BCUT2D eigenvalue weighted by atomic mass is 10.2. The van der Waals surface area contributed by atoms with E-state index in [1.165, 1.54) is 7.11 Å². The molecule has 0 spiro atoms. The van der Waals surface area contributed by atoms with Gasteiger partial charge in [0.2, 0.25) is 17.4 Å². The molecule has 15 heteroatoms. The minimum Gasteiger partial charge on any atom is -0.479 e. The Balaban J connectivity index is 2.56. The molecule has 0 amide bonds. The smallest absolute Gasteiger partial charge is 0.378 e. The number of fused-ring (bicyclic) bond motifs is 1. The molecule has 0 fully saturated rings. The zero-order valence-electron chi connectivity index (χ0n) is 23.5. The van der Waals surface area contributed by atoms with Crippen LogP contribution in [0.25, 0.3) is 11.2 Å². The summed E-state index contributed by atoms with van der Waals surface area (Å²) >= 11 is 1.13. The van der Waals surface area contributed by atoms with E-state index in [-0.39, 0.29) is 47.4 Å². The molecule has 2 rings (SSSR count). The first-order valence-corrected chi connectivity index (χ1v) is 14.8. The fraction of sp³-hybridized carbons (Fsp3) is 0.696. The highest BCUT2D eigenvalue weighted by molar-refractivity contribution is 8.04. The Kier molecular flexibility index (Phi) is 10.6. The summed E-state index contributed by atoms with van der Waals surface area (Å²) in [7, 11) is -2.03. The molecule has 0 N–H and O–H groups in total. The molecule has 0 radical (unpaired) electrons. The summed E-state index contributed by atoms with van der Waals surface area (Å²) < 4.78 is 40.8. The molecular weight excluding hydrogens is 539 g/mol. The first kappa shape index (κ1) is 31.8. The van der Waals surface area contributed by atoms with Crippen LogP contribution in [0, 0.1) is 0 Å². The molecule has 0 bridgehead atoms. The first-order valence-electron chi connectivity index (χ1n) is 12.0. The third-order valence-corrected chi connectivity index (χ3v) is 7.89. The molecule has 2 aromatic rings. The highest BCUT2D eigenvalue weighted by Crippen LogP contribution is 2.51. The Morgan fingerprint density at radius 1 is 0.947 bits per heavy atom. The molecule has 0 aliphatic carbocycles. The first-order chi connectivity index (χ1) is 17.5. The molecular formula is C23H37N4O9PS. The van der Waals surface area contributed by atoms with E-state index in [0.29, 0.717) is 0 Å². The summed E-state index contributed by atoms with van der Waals surface area (Å²) in [6.45, 7) is 15.8. The number of methoxy groups -OCH3 is 1. The minimum absolute atomic E-state index is 0.00822. The van der Waals surface area contributed by atoms with Crippen LogP contribution in [0.3, 0.4) is 0 Å². The zero-order valence-corrected chi connectivity index (χ0v) is 25.2. The van der Waals surface area contributed by atoms with E-state index in [4.69, 9.17) is 28.1 Å². The minimum atomic E-state index is -3.36. The number of carbonyl (C=O) groups excluding carboxylic acids is 2. The maximum Gasteiger partial charge on any atom is 0.378 e. The number of ether oxygens (including phenoxy) is 3. The number of esters is 2. The van der Waals surface area contributed by atoms with Crippen LogP contribution in [-0.2, 0) is 23.1 Å². The van der Waals surface area contributed by atoms with Crippen molar-refractivity contribution in [3.8, 4) is 5.88 Å². The van der Waals surface area contributed by atoms with Crippen LogP contribution in [0.1, 0.15) is 83.6 Å². The molecule has 38 heavy (non-hydrogen) atoms. The number of rotatable bonds is 12. The average Bonchev–Trinajstić information content (AvgIpc) is 3.13. The lowest BCUT2D eigenvalue weighted by molar-refractivity contribution is 0.000503. The van der Waals surface area contributed by atoms with Gasteiger partial charge >= 0.3 is 19.5 Å². The van der Waals surface area contributed by atoms with Crippen molar-refractivity contribution in [1.82, 2.24) is 19.7 Å². The molecule has 2 heterocycles. The molecule has 13 nitrogen and oxygen atoms in total. The van der Waals surface area contributed by atoms with Gasteiger partial charge in [0, 0.05) is 0 Å². The van der Waals surface area contributed by atoms with Crippen molar-refractivity contribution in [2.75, 3.05) is 25.8 Å². The van der Waals surface area contributed by atoms with E-state index in [1.54, 1.807) is 62.3 Å². The van der Waals surface area contributed by atoms with Gasteiger partial charge in [-0.25, -0.2) is 14.6 Å². The van der Waals surface area contributed by atoms with Gasteiger partial charge in [0.1, 0.15) is 11.2 Å². The number of aromatic nitrogens is 4. The van der Waals surface area contributed by atoms with Gasteiger partial charge in [-0.1, -0.05) is 0 Å². The van der Waals surface area contributed by atoms with Crippen LogP contribution in [-0.4, -0.2) is 74.1 Å². The molecule has 2 aromatic heterocycles. The maximum absolute atomic E-state index is 13.1. The summed E-state index contributed by atoms with van der Waals surface area (Å²) in [6.07, 6.45) is 0. The number of thioether (sulfide) groups is 1. The SMILES string of the molecule is CCOP(=O)(CSC(C)On1c(C(=O)OC(C)(C)C)nc2c(OC)nc(C(=O)OC(C)(C)C)nc21)OCC. The van der Waals surface area contributed by atoms with Crippen molar-refractivity contribution in [2.24, 2.45) is 0 Å². The predicted molar refractivity (Wildman–Crippen MR) is 142 cm³/mol. The van der Waals surface area contributed by atoms with E-state index in [1.807, 2.05) is 0 Å². The van der Waals surface area contributed by atoms with Crippen molar-refractivity contribution in [2.45, 2.75) is 79.0 Å². The van der Waals surface area contributed by atoms with E-state index in [0.717, 1.165) is 16.5 Å². The van der Waals surface area contributed by atoms with E-state index >= 15 is 0 Å². The molecule has 0 aliphatic heterocycles. The number of nitrogens with zero attached hydrogens (tertiary/aromatic N) is 4. The van der Waals surface area contributed by atoms with Gasteiger partial charge in [-0.3, -0.25) is 4.57 Å². The number of hydrogen-bond acceptors (Lipinski definition) is 13. The predicted octanol–water partition coefficient (Wildman–Crippen LogP) is 4.48. The highest BCUT2D eigenvalue weighted by Gasteiger charge is 2.32. The summed E-state index contributed by atoms with van der Waals surface area (Å²) in [5, 5.41) is 0. The van der Waals surface area contributed by atoms with Crippen molar-refractivity contribution in [3.63, 3.8) is 0 Å². The summed E-state index contributed by atoms with van der Waals surface area (Å²) in [5.74, 6) is -2.25. The van der Waals surface area contributed by atoms with Gasteiger partial charge in [0.15, 0.2) is 11.0 Å². The number of imidazole rings is 1. The largest absolute Gasteiger partial charge is 0.479 e. The van der Waals surface area contributed by atoms with Gasteiger partial charge in [-0.05, 0) is 62.3 Å². The van der Waals surface area contributed by atoms with Crippen molar-refractivity contribution in [3.05, 3.63) is 11.6 Å². The maximum atomic E-state index is 13.1. The Labute approximate surface area is 226 Å². The summed E-state index contributed by atoms with van der Waals surface area (Å²) in [6, 6.07) is 0. The monoisotopic (exact) mass is 576 g/mol. The second-order valence-corrected chi connectivity index (χ2v) is 13.6. The summed E-state index contributed by atoms with van der Waals surface area (Å²) in [5.41, 5.74) is -2.31. The Morgan fingerprint density at radius 2 is 1.50 bits per heavy atom.